The lowest BCUT2D eigenvalue weighted by molar-refractivity contribution is 0.612. The molecule has 0 spiro atoms. The third-order valence-corrected chi connectivity index (χ3v) is 2.54. The largest absolute Gasteiger partial charge is 0.385 e. The Kier molecular flexibility index (Phi) is 1.74. The van der Waals surface area contributed by atoms with Crippen molar-refractivity contribution in [1.29, 1.82) is 0 Å². The van der Waals surface area contributed by atoms with Crippen LogP contribution in [0.25, 0.3) is 0 Å². The van der Waals surface area contributed by atoms with Gasteiger partial charge >= 0.3 is 0 Å². The van der Waals surface area contributed by atoms with Crippen LogP contribution in [-0.2, 0) is 9.84 Å². The maximum absolute atomic E-state index is 11.1. The molecule has 2 N–H and O–H groups in total. The molecular weight excluding hydrogens is 206 g/mol. The topological polar surface area (TPSA) is 110 Å². The van der Waals surface area contributed by atoms with Crippen molar-refractivity contribution in [2.45, 2.75) is 6.04 Å². The molecule has 74 valence electrons. The van der Waals surface area contributed by atoms with Crippen molar-refractivity contribution in [3.8, 4) is 0 Å². The van der Waals surface area contributed by atoms with Gasteiger partial charge in [0.05, 0.1) is 0 Å². The summed E-state index contributed by atoms with van der Waals surface area (Å²) in [6, 6.07) is -0.513. The van der Waals surface area contributed by atoms with E-state index in [1.807, 2.05) is 0 Å². The molecule has 7 nitrogen and oxygen atoms in total. The van der Waals surface area contributed by atoms with Crippen LogP contribution in [0.1, 0.15) is 0 Å². The number of rotatable bonds is 0. The van der Waals surface area contributed by atoms with Crippen LogP contribution in [0.2, 0.25) is 0 Å². The predicted molar refractivity (Wildman–Crippen MR) is 53.6 cm³/mol. The van der Waals surface area contributed by atoms with E-state index in [0.29, 0.717) is 0 Å². The van der Waals surface area contributed by atoms with Crippen LogP contribution in [0.3, 0.4) is 0 Å². The third kappa shape index (κ3) is 1.33. The number of nitrogens with two attached hydrogens (primary N) is 1. The second-order valence-electron chi connectivity index (χ2n) is 2.86. The van der Waals surface area contributed by atoms with E-state index < -0.39 is 15.9 Å². The fourth-order valence-electron chi connectivity index (χ4n) is 1.06. The molecule has 1 atom stereocenters. The minimum atomic E-state index is -3.45. The van der Waals surface area contributed by atoms with E-state index in [0.717, 1.165) is 6.26 Å². The number of fused-ring (bicyclic) bond motifs is 1. The highest BCUT2D eigenvalue weighted by Crippen LogP contribution is 2.11. The molecule has 0 aliphatic carbocycles. The average molecular weight is 213 g/mol. The molecule has 0 saturated carbocycles. The van der Waals surface area contributed by atoms with Crippen LogP contribution in [0, 0.1) is 0 Å². The van der Waals surface area contributed by atoms with E-state index in [9.17, 15) is 8.42 Å². The molecule has 2 heterocycles. The molecule has 0 saturated heterocycles. The number of sulfone groups is 1. The molecule has 2 aliphatic heterocycles. The van der Waals surface area contributed by atoms with Gasteiger partial charge in [-0.3, -0.25) is 4.99 Å². The van der Waals surface area contributed by atoms with Gasteiger partial charge < -0.3 is 5.73 Å². The van der Waals surface area contributed by atoms with Gasteiger partial charge in [0.25, 0.3) is 0 Å². The van der Waals surface area contributed by atoms with E-state index in [-0.39, 0.29) is 16.8 Å². The second-order valence-corrected chi connectivity index (χ2v) is 4.77. The first kappa shape index (κ1) is 9.00. The minimum absolute atomic E-state index is 0.105. The lowest BCUT2D eigenvalue weighted by Gasteiger charge is -2.12. The van der Waals surface area contributed by atoms with Crippen molar-refractivity contribution >= 4 is 33.0 Å². The Morgan fingerprint density at radius 1 is 1.43 bits per heavy atom. The molecule has 1 unspecified atom stereocenters. The van der Waals surface area contributed by atoms with Gasteiger partial charge in [0.2, 0.25) is 15.0 Å². The smallest absolute Gasteiger partial charge is 0.250 e. The molecule has 0 radical (unpaired) electrons. The van der Waals surface area contributed by atoms with Gasteiger partial charge in [-0.1, -0.05) is 0 Å². The zero-order valence-electron chi connectivity index (χ0n) is 7.25. The fourth-order valence-corrected chi connectivity index (χ4v) is 1.59. The van der Waals surface area contributed by atoms with Gasteiger partial charge in [0.1, 0.15) is 12.2 Å². The van der Waals surface area contributed by atoms with Crippen molar-refractivity contribution in [3.05, 3.63) is 0 Å². The molecule has 8 heteroatoms. The first-order chi connectivity index (χ1) is 6.48. The summed E-state index contributed by atoms with van der Waals surface area (Å²) >= 11 is 0. The summed E-state index contributed by atoms with van der Waals surface area (Å²) in [5.41, 5.74) is 5.52. The molecule has 0 aromatic carbocycles. The Morgan fingerprint density at radius 2 is 2.14 bits per heavy atom. The summed E-state index contributed by atoms with van der Waals surface area (Å²) in [7, 11) is -3.45. The van der Waals surface area contributed by atoms with Crippen LogP contribution in [0.15, 0.2) is 20.0 Å². The van der Waals surface area contributed by atoms with Gasteiger partial charge in [-0.05, 0) is 0 Å². The minimum Gasteiger partial charge on any atom is -0.385 e. The van der Waals surface area contributed by atoms with Crippen LogP contribution >= 0.6 is 0 Å². The second kappa shape index (κ2) is 2.71. The zero-order valence-corrected chi connectivity index (χ0v) is 8.06. The van der Waals surface area contributed by atoms with Gasteiger partial charge in [0, 0.05) is 6.26 Å². The van der Waals surface area contributed by atoms with Crippen molar-refractivity contribution in [2.24, 2.45) is 25.7 Å². The molecule has 14 heavy (non-hydrogen) atoms. The molecule has 0 bridgehead atoms. The van der Waals surface area contributed by atoms with Crippen molar-refractivity contribution in [3.63, 3.8) is 0 Å². The van der Waals surface area contributed by atoms with Crippen molar-refractivity contribution in [1.82, 2.24) is 0 Å². The predicted octanol–water partition coefficient (Wildman–Crippen LogP) is -1.43. The molecule has 2 aliphatic rings. The van der Waals surface area contributed by atoms with E-state index >= 15 is 0 Å². The first-order valence-corrected chi connectivity index (χ1v) is 5.60. The highest BCUT2D eigenvalue weighted by atomic mass is 32.2. The van der Waals surface area contributed by atoms with Crippen LogP contribution in [0.5, 0.6) is 0 Å². The summed E-state index contributed by atoms with van der Waals surface area (Å²) in [4.78, 5) is 15.1. The normalized spacial score (nSPS) is 25.2. The highest BCUT2D eigenvalue weighted by molar-refractivity contribution is 8.05. The number of hydrogen-bond acceptors (Lipinski definition) is 7. The maximum atomic E-state index is 11.1. The van der Waals surface area contributed by atoms with Gasteiger partial charge in [-0.2, -0.15) is 0 Å². The number of aliphatic imine (C=N–C) groups is 4. The van der Waals surface area contributed by atoms with E-state index in [1.54, 1.807) is 0 Å². The zero-order chi connectivity index (χ0) is 10.3. The van der Waals surface area contributed by atoms with Crippen molar-refractivity contribution in [2.75, 3.05) is 6.26 Å². The van der Waals surface area contributed by atoms with E-state index in [4.69, 9.17) is 5.73 Å². The Morgan fingerprint density at radius 3 is 2.79 bits per heavy atom. The Bertz CT molecular complexity index is 498. The van der Waals surface area contributed by atoms with Gasteiger partial charge in [-0.15, -0.1) is 0 Å². The lowest BCUT2D eigenvalue weighted by atomic mass is 10.2. The van der Waals surface area contributed by atoms with Gasteiger partial charge in [-0.25, -0.2) is 23.4 Å². The quantitative estimate of drug-likeness (QED) is 0.532. The molecule has 0 fully saturated rings. The first-order valence-electron chi connectivity index (χ1n) is 3.70. The van der Waals surface area contributed by atoms with Crippen LogP contribution in [0.4, 0.5) is 0 Å². The van der Waals surface area contributed by atoms with E-state index in [2.05, 4.69) is 20.0 Å². The summed E-state index contributed by atoms with van der Waals surface area (Å²) in [5.74, 6) is 0.380. The Balaban J connectivity index is 2.51. The summed E-state index contributed by atoms with van der Waals surface area (Å²) in [6.07, 6.45) is 2.30. The molecule has 0 amide bonds. The monoisotopic (exact) mass is 213 g/mol. The number of hydrogen-bond donors (Lipinski definition) is 1. The molecule has 2 rings (SSSR count). The standard InChI is InChI=1S/C6H7N5O2S/c1-14(12,13)6-10-4(7)3-5(11-6)9-2-8-3/h2-3H,1H3,(H2,7,8,9,10,11). The van der Waals surface area contributed by atoms with Gasteiger partial charge in [0.15, 0.2) is 11.9 Å². The molecule has 0 aromatic rings. The highest BCUT2D eigenvalue weighted by Gasteiger charge is 2.29. The van der Waals surface area contributed by atoms with Crippen molar-refractivity contribution < 1.29 is 8.42 Å². The lowest BCUT2D eigenvalue weighted by Crippen LogP contribution is -2.37. The van der Waals surface area contributed by atoms with E-state index in [1.165, 1.54) is 6.34 Å². The molecular formula is C6H7N5O2S. The summed E-state index contributed by atoms with van der Waals surface area (Å²) in [5, 5.41) is -0.310. The maximum Gasteiger partial charge on any atom is 0.250 e. The van der Waals surface area contributed by atoms with Crippen LogP contribution < -0.4 is 5.73 Å². The Hall–Kier alpha value is -1.57. The SMILES string of the molecule is CS(=O)(=O)C1=NC2=NC=NC2C(N)=N1. The summed E-state index contributed by atoms with van der Waals surface area (Å²) < 4.78 is 22.3. The Labute approximate surface area is 80.1 Å². The number of amidine groups is 3. The number of nitrogens with zero attached hydrogens (tertiary/aromatic N) is 4. The average Bonchev–Trinajstić information content (AvgIpc) is 2.50. The van der Waals surface area contributed by atoms with Crippen LogP contribution in [-0.4, -0.2) is 43.9 Å². The fraction of sp³-hybridized carbons (Fsp3) is 0.333. The third-order valence-electron chi connectivity index (χ3n) is 1.70. The molecule has 0 aromatic heterocycles. The summed E-state index contributed by atoms with van der Waals surface area (Å²) in [6.45, 7) is 0.